The van der Waals surface area contributed by atoms with Gasteiger partial charge in [-0.2, -0.15) is 0 Å². The Balaban J connectivity index is 1.77. The van der Waals surface area contributed by atoms with Crippen LogP contribution in [0.5, 0.6) is 0 Å². The molecule has 1 aromatic carbocycles. The summed E-state index contributed by atoms with van der Waals surface area (Å²) in [7, 11) is 0. The lowest BCUT2D eigenvalue weighted by Gasteiger charge is -2.33. The highest BCUT2D eigenvalue weighted by Gasteiger charge is 2.47. The summed E-state index contributed by atoms with van der Waals surface area (Å²) < 4.78 is 0. The quantitative estimate of drug-likeness (QED) is 0.469. The lowest BCUT2D eigenvalue weighted by atomic mass is 9.85. The first-order valence-corrected chi connectivity index (χ1v) is 12.2. The van der Waals surface area contributed by atoms with Gasteiger partial charge in [-0.15, -0.1) is 0 Å². The van der Waals surface area contributed by atoms with Gasteiger partial charge in [0.25, 0.3) is 0 Å². The molecule has 4 amide bonds. The molecule has 7 heteroatoms. The molecule has 0 aromatic heterocycles. The van der Waals surface area contributed by atoms with E-state index in [-0.39, 0.29) is 55.0 Å². The largest absolute Gasteiger partial charge is 0.350 e. The van der Waals surface area contributed by atoms with E-state index in [2.05, 4.69) is 5.32 Å². The fourth-order valence-electron chi connectivity index (χ4n) is 4.70. The van der Waals surface area contributed by atoms with Gasteiger partial charge in [-0.1, -0.05) is 48.9 Å². The molecule has 3 rings (SSSR count). The molecule has 184 valence electrons. The van der Waals surface area contributed by atoms with Gasteiger partial charge in [-0.25, -0.2) is 0 Å². The average Bonchev–Trinajstić information content (AvgIpc) is 3.02. The summed E-state index contributed by atoms with van der Waals surface area (Å²) in [6.45, 7) is 9.93. The number of hydrogen-bond donors (Lipinski definition) is 1. The Kier molecular flexibility index (Phi) is 7.95. The first kappa shape index (κ1) is 25.7. The van der Waals surface area contributed by atoms with Crippen LogP contribution in [0.15, 0.2) is 36.4 Å². The monoisotopic (exact) mass is 467 g/mol. The van der Waals surface area contributed by atoms with Crippen LogP contribution in [0, 0.1) is 18.8 Å². The molecule has 0 radical (unpaired) electrons. The second-order valence-electron chi connectivity index (χ2n) is 10.4. The van der Waals surface area contributed by atoms with E-state index in [1.54, 1.807) is 4.90 Å². The SMILES string of the molecule is CC[C@H](C(=O)NC(C)(C)C)N(Cc1ccc(C)cc1)C(=O)CCN1C(=O)[C@H]2CC=CC[C@H]2C1=O. The third-order valence-corrected chi connectivity index (χ3v) is 6.51. The van der Waals surface area contributed by atoms with Crippen LogP contribution in [0.4, 0.5) is 0 Å². The minimum absolute atomic E-state index is 0.00446. The Morgan fingerprint density at radius 3 is 2.12 bits per heavy atom. The lowest BCUT2D eigenvalue weighted by molar-refractivity contribution is -0.144. The topological polar surface area (TPSA) is 86.8 Å². The van der Waals surface area contributed by atoms with Crippen molar-refractivity contribution in [3.63, 3.8) is 0 Å². The molecular formula is C27H37N3O4. The number of amides is 4. The predicted octanol–water partition coefficient (Wildman–Crippen LogP) is 3.36. The number of carbonyl (C=O) groups excluding carboxylic acids is 4. The standard InChI is InChI=1S/C27H37N3O4/c1-6-22(24(32)28-27(3,4)5)30(17-19-13-11-18(2)12-14-19)23(31)15-16-29-25(33)20-9-7-8-10-21(20)26(29)34/h7-8,11-14,20-22H,6,9-10,15-17H2,1-5H3,(H,28,32)/t20-,21+,22-/m1/s1. The van der Waals surface area contributed by atoms with Gasteiger partial charge in [0.2, 0.25) is 23.6 Å². The number of nitrogens with one attached hydrogen (secondary N) is 1. The maximum Gasteiger partial charge on any atom is 0.243 e. The number of hydrogen-bond acceptors (Lipinski definition) is 4. The van der Waals surface area contributed by atoms with Crippen molar-refractivity contribution in [3.8, 4) is 0 Å². The maximum absolute atomic E-state index is 13.5. The minimum atomic E-state index is -0.648. The maximum atomic E-state index is 13.5. The van der Waals surface area contributed by atoms with Crippen LogP contribution >= 0.6 is 0 Å². The van der Waals surface area contributed by atoms with Crippen molar-refractivity contribution in [2.75, 3.05) is 6.54 Å². The molecule has 1 aliphatic carbocycles. The highest BCUT2D eigenvalue weighted by atomic mass is 16.2. The molecule has 34 heavy (non-hydrogen) atoms. The van der Waals surface area contributed by atoms with E-state index in [9.17, 15) is 19.2 Å². The number of carbonyl (C=O) groups is 4. The second-order valence-corrected chi connectivity index (χ2v) is 10.4. The zero-order chi connectivity index (χ0) is 25.0. The molecule has 1 heterocycles. The third-order valence-electron chi connectivity index (χ3n) is 6.51. The number of nitrogens with zero attached hydrogens (tertiary/aromatic N) is 2. The second kappa shape index (κ2) is 10.5. The van der Waals surface area contributed by atoms with E-state index < -0.39 is 11.6 Å². The average molecular weight is 468 g/mol. The molecule has 1 aliphatic heterocycles. The zero-order valence-corrected chi connectivity index (χ0v) is 21.0. The van der Waals surface area contributed by atoms with Crippen LogP contribution in [0.25, 0.3) is 0 Å². The first-order chi connectivity index (χ1) is 16.0. The van der Waals surface area contributed by atoms with Crippen molar-refractivity contribution >= 4 is 23.6 Å². The molecule has 1 N–H and O–H groups in total. The van der Waals surface area contributed by atoms with Crippen LogP contribution in [-0.4, -0.2) is 51.6 Å². The van der Waals surface area contributed by atoms with Crippen LogP contribution in [0.2, 0.25) is 0 Å². The number of allylic oxidation sites excluding steroid dienone is 2. The fourth-order valence-corrected chi connectivity index (χ4v) is 4.70. The summed E-state index contributed by atoms with van der Waals surface area (Å²) >= 11 is 0. The van der Waals surface area contributed by atoms with Gasteiger partial charge in [-0.3, -0.25) is 24.1 Å². The van der Waals surface area contributed by atoms with Crippen LogP contribution in [0.1, 0.15) is 64.5 Å². The van der Waals surface area contributed by atoms with Gasteiger partial charge < -0.3 is 10.2 Å². The molecule has 3 atom stereocenters. The Morgan fingerprint density at radius 1 is 1.06 bits per heavy atom. The van der Waals surface area contributed by atoms with E-state index >= 15 is 0 Å². The Bertz CT molecular complexity index is 935. The molecule has 1 fully saturated rings. The molecule has 2 aliphatic rings. The van der Waals surface area contributed by atoms with E-state index in [0.29, 0.717) is 19.3 Å². The normalized spacial score (nSPS) is 20.8. The molecular weight excluding hydrogens is 430 g/mol. The van der Waals surface area contributed by atoms with Gasteiger partial charge in [0.15, 0.2) is 0 Å². The number of imide groups is 1. The molecule has 0 spiro atoms. The van der Waals surface area contributed by atoms with Crippen LogP contribution in [-0.2, 0) is 25.7 Å². The van der Waals surface area contributed by atoms with E-state index in [1.807, 2.05) is 71.0 Å². The Hall–Kier alpha value is -2.96. The van der Waals surface area contributed by atoms with Crippen molar-refractivity contribution in [3.05, 3.63) is 47.5 Å². The van der Waals surface area contributed by atoms with Gasteiger partial charge in [0.05, 0.1) is 11.8 Å². The van der Waals surface area contributed by atoms with E-state index in [0.717, 1.165) is 11.1 Å². The third kappa shape index (κ3) is 5.93. The summed E-state index contributed by atoms with van der Waals surface area (Å²) in [5.74, 6) is -1.44. The number of likely N-dealkylation sites (tertiary alicyclic amines) is 1. The van der Waals surface area contributed by atoms with Crippen molar-refractivity contribution < 1.29 is 19.2 Å². The van der Waals surface area contributed by atoms with E-state index in [4.69, 9.17) is 0 Å². The van der Waals surface area contributed by atoms with Gasteiger partial charge >= 0.3 is 0 Å². The minimum Gasteiger partial charge on any atom is -0.350 e. The summed E-state index contributed by atoms with van der Waals surface area (Å²) in [5.41, 5.74) is 1.61. The molecule has 0 saturated carbocycles. The number of benzene rings is 1. The molecule has 0 unspecified atom stereocenters. The summed E-state index contributed by atoms with van der Waals surface area (Å²) in [5, 5.41) is 2.99. The van der Waals surface area contributed by atoms with Crippen LogP contribution in [0.3, 0.4) is 0 Å². The Labute approximate surface area is 202 Å². The number of rotatable bonds is 8. The summed E-state index contributed by atoms with van der Waals surface area (Å²) in [6.07, 6.45) is 5.49. The first-order valence-electron chi connectivity index (χ1n) is 12.2. The van der Waals surface area contributed by atoms with Crippen LogP contribution < -0.4 is 5.32 Å². The predicted molar refractivity (Wildman–Crippen MR) is 130 cm³/mol. The summed E-state index contributed by atoms with van der Waals surface area (Å²) in [4.78, 5) is 55.0. The van der Waals surface area contributed by atoms with Gasteiger partial charge in [0.1, 0.15) is 6.04 Å². The highest BCUT2D eigenvalue weighted by molar-refractivity contribution is 6.05. The number of aryl methyl sites for hydroxylation is 1. The van der Waals surface area contributed by atoms with Gasteiger partial charge in [0, 0.05) is 25.0 Å². The zero-order valence-electron chi connectivity index (χ0n) is 21.0. The fraction of sp³-hybridized carbons (Fsp3) is 0.556. The molecule has 1 saturated heterocycles. The smallest absolute Gasteiger partial charge is 0.243 e. The van der Waals surface area contributed by atoms with E-state index in [1.165, 1.54) is 4.90 Å². The van der Waals surface area contributed by atoms with Crippen molar-refractivity contribution in [2.24, 2.45) is 11.8 Å². The Morgan fingerprint density at radius 2 is 1.62 bits per heavy atom. The summed E-state index contributed by atoms with van der Waals surface area (Å²) in [6, 6.07) is 7.21. The van der Waals surface area contributed by atoms with Crippen molar-refractivity contribution in [2.45, 2.75) is 78.4 Å². The molecule has 0 bridgehead atoms. The molecule has 1 aromatic rings. The van der Waals surface area contributed by atoms with Crippen molar-refractivity contribution in [1.82, 2.24) is 15.1 Å². The van der Waals surface area contributed by atoms with Gasteiger partial charge in [-0.05, 0) is 52.5 Å². The van der Waals surface area contributed by atoms with Crippen molar-refractivity contribution in [1.29, 1.82) is 0 Å². The lowest BCUT2D eigenvalue weighted by Crippen LogP contribution is -2.53. The highest BCUT2D eigenvalue weighted by Crippen LogP contribution is 2.35. The molecule has 7 nitrogen and oxygen atoms in total. The number of fused-ring (bicyclic) bond motifs is 1.